The van der Waals surface area contributed by atoms with Crippen molar-refractivity contribution in [2.45, 2.75) is 33.1 Å². The molecule has 0 fully saturated rings. The van der Waals surface area contributed by atoms with Crippen molar-refractivity contribution in [2.75, 3.05) is 11.9 Å². The van der Waals surface area contributed by atoms with Gasteiger partial charge in [-0.1, -0.05) is 32.9 Å². The molecule has 5 nitrogen and oxygen atoms in total. The number of anilines is 1. The van der Waals surface area contributed by atoms with Crippen LogP contribution in [0.2, 0.25) is 0 Å². The monoisotopic (exact) mass is 292 g/mol. The number of nitrogens with two attached hydrogens (primary N) is 1. The highest BCUT2D eigenvalue weighted by molar-refractivity contribution is 5.92. The summed E-state index contributed by atoms with van der Waals surface area (Å²) in [4.78, 5) is 22.8. The number of hydrogen-bond donors (Lipinski definition) is 3. The molecule has 116 valence electrons. The number of carbonyl (C=O) groups excluding carboxylic acids is 1. The molecule has 0 bridgehead atoms. The fraction of sp³-hybridized carbons (Fsp3) is 0.500. The van der Waals surface area contributed by atoms with Crippen LogP contribution in [0.15, 0.2) is 24.3 Å². The Bertz CT molecular complexity index is 483. The second kappa shape index (κ2) is 7.78. The van der Waals surface area contributed by atoms with Crippen LogP contribution in [0.3, 0.4) is 0 Å². The van der Waals surface area contributed by atoms with Gasteiger partial charge in [0.05, 0.1) is 12.3 Å². The molecule has 0 saturated carbocycles. The molecule has 1 rings (SSSR count). The molecule has 0 heterocycles. The lowest BCUT2D eigenvalue weighted by atomic mass is 9.95. The van der Waals surface area contributed by atoms with Gasteiger partial charge in [-0.05, 0) is 29.5 Å². The van der Waals surface area contributed by atoms with Crippen molar-refractivity contribution in [3.05, 3.63) is 29.8 Å². The lowest BCUT2D eigenvalue weighted by Gasteiger charge is -2.18. The van der Waals surface area contributed by atoms with E-state index >= 15 is 0 Å². The average molecular weight is 292 g/mol. The number of rotatable bonds is 7. The molecule has 1 aromatic carbocycles. The lowest BCUT2D eigenvalue weighted by Crippen LogP contribution is -2.33. The molecule has 1 amide bonds. The van der Waals surface area contributed by atoms with Crippen LogP contribution in [-0.2, 0) is 9.59 Å². The molecule has 0 saturated heterocycles. The van der Waals surface area contributed by atoms with Gasteiger partial charge in [0.2, 0.25) is 5.91 Å². The number of hydrogen-bond acceptors (Lipinski definition) is 3. The van der Waals surface area contributed by atoms with Crippen LogP contribution in [0.1, 0.15) is 38.7 Å². The van der Waals surface area contributed by atoms with Crippen molar-refractivity contribution in [3.8, 4) is 0 Å². The highest BCUT2D eigenvalue weighted by Gasteiger charge is 2.20. The summed E-state index contributed by atoms with van der Waals surface area (Å²) in [7, 11) is 0. The SMILES string of the molecule is CC(CC(=O)O)c1ccc(NC(=O)C(CN)C(C)C)cc1. The third-order valence-electron chi connectivity index (χ3n) is 3.62. The van der Waals surface area contributed by atoms with E-state index in [1.165, 1.54) is 0 Å². The quantitative estimate of drug-likeness (QED) is 0.719. The van der Waals surface area contributed by atoms with Crippen molar-refractivity contribution in [1.29, 1.82) is 0 Å². The Morgan fingerprint density at radius 3 is 2.19 bits per heavy atom. The summed E-state index contributed by atoms with van der Waals surface area (Å²) in [5.74, 6) is -0.985. The summed E-state index contributed by atoms with van der Waals surface area (Å²) in [6.07, 6.45) is 0.0916. The van der Waals surface area contributed by atoms with Gasteiger partial charge in [0.1, 0.15) is 0 Å². The number of carbonyl (C=O) groups is 2. The van der Waals surface area contributed by atoms with E-state index < -0.39 is 5.97 Å². The summed E-state index contributed by atoms with van der Waals surface area (Å²) in [6.45, 7) is 6.11. The minimum atomic E-state index is -0.817. The zero-order chi connectivity index (χ0) is 16.0. The first-order chi connectivity index (χ1) is 9.85. The molecule has 0 aromatic heterocycles. The number of aliphatic carboxylic acids is 1. The van der Waals surface area contributed by atoms with E-state index in [9.17, 15) is 9.59 Å². The Balaban J connectivity index is 2.70. The first-order valence-electron chi connectivity index (χ1n) is 7.17. The average Bonchev–Trinajstić information content (AvgIpc) is 2.38. The van der Waals surface area contributed by atoms with E-state index in [1.807, 2.05) is 32.9 Å². The number of carboxylic acids is 1. The Kier molecular flexibility index (Phi) is 6.37. The highest BCUT2D eigenvalue weighted by Crippen LogP contribution is 2.21. The first-order valence-corrected chi connectivity index (χ1v) is 7.17. The molecule has 5 heteroatoms. The Labute approximate surface area is 125 Å². The number of benzene rings is 1. The summed E-state index contributed by atoms with van der Waals surface area (Å²) in [6, 6.07) is 7.27. The summed E-state index contributed by atoms with van der Waals surface area (Å²) >= 11 is 0. The van der Waals surface area contributed by atoms with E-state index in [2.05, 4.69) is 5.32 Å². The Morgan fingerprint density at radius 1 is 1.19 bits per heavy atom. The van der Waals surface area contributed by atoms with Crippen LogP contribution in [0.25, 0.3) is 0 Å². The minimum absolute atomic E-state index is 0.0558. The molecular weight excluding hydrogens is 268 g/mol. The third-order valence-corrected chi connectivity index (χ3v) is 3.62. The molecular formula is C16H24N2O3. The van der Waals surface area contributed by atoms with Gasteiger partial charge in [0.15, 0.2) is 0 Å². The smallest absolute Gasteiger partial charge is 0.303 e. The van der Waals surface area contributed by atoms with Crippen molar-refractivity contribution in [3.63, 3.8) is 0 Å². The fourth-order valence-electron chi connectivity index (χ4n) is 2.19. The zero-order valence-electron chi connectivity index (χ0n) is 12.8. The van der Waals surface area contributed by atoms with Crippen molar-refractivity contribution in [1.82, 2.24) is 0 Å². The summed E-state index contributed by atoms with van der Waals surface area (Å²) < 4.78 is 0. The second-order valence-electron chi connectivity index (χ2n) is 5.70. The summed E-state index contributed by atoms with van der Waals surface area (Å²) in [5, 5.41) is 11.6. The number of amides is 1. The Morgan fingerprint density at radius 2 is 1.76 bits per heavy atom. The van der Waals surface area contributed by atoms with Crippen LogP contribution in [0.4, 0.5) is 5.69 Å². The number of nitrogens with one attached hydrogen (secondary N) is 1. The third kappa shape index (κ3) is 5.19. The van der Waals surface area contributed by atoms with Gasteiger partial charge in [-0.25, -0.2) is 0 Å². The van der Waals surface area contributed by atoms with E-state index in [1.54, 1.807) is 12.1 Å². The lowest BCUT2D eigenvalue weighted by molar-refractivity contribution is -0.137. The predicted octanol–water partition coefficient (Wildman–Crippen LogP) is 2.43. The molecule has 0 aliphatic heterocycles. The molecule has 2 unspecified atom stereocenters. The minimum Gasteiger partial charge on any atom is -0.481 e. The van der Waals surface area contributed by atoms with Gasteiger partial charge in [-0.3, -0.25) is 9.59 Å². The van der Waals surface area contributed by atoms with Gasteiger partial charge in [-0.15, -0.1) is 0 Å². The van der Waals surface area contributed by atoms with Gasteiger partial charge in [0.25, 0.3) is 0 Å². The highest BCUT2D eigenvalue weighted by atomic mass is 16.4. The first kappa shape index (κ1) is 17.2. The molecule has 21 heavy (non-hydrogen) atoms. The fourth-order valence-corrected chi connectivity index (χ4v) is 2.19. The van der Waals surface area contributed by atoms with Gasteiger partial charge < -0.3 is 16.2 Å². The van der Waals surface area contributed by atoms with Crippen LogP contribution >= 0.6 is 0 Å². The van der Waals surface area contributed by atoms with E-state index in [-0.39, 0.29) is 30.1 Å². The number of carboxylic acid groups (broad SMARTS) is 1. The maximum atomic E-state index is 12.1. The molecule has 1 aromatic rings. The standard InChI is InChI=1S/C16H24N2O3/c1-10(2)14(9-17)16(21)18-13-6-4-12(5-7-13)11(3)8-15(19)20/h4-7,10-11,14H,8-9,17H2,1-3H3,(H,18,21)(H,19,20). The van der Waals surface area contributed by atoms with Crippen LogP contribution in [0.5, 0.6) is 0 Å². The van der Waals surface area contributed by atoms with E-state index in [4.69, 9.17) is 10.8 Å². The topological polar surface area (TPSA) is 92.4 Å². The molecule has 4 N–H and O–H groups in total. The largest absolute Gasteiger partial charge is 0.481 e. The molecule has 0 aliphatic carbocycles. The van der Waals surface area contributed by atoms with E-state index in [0.29, 0.717) is 12.2 Å². The molecule has 0 spiro atoms. The van der Waals surface area contributed by atoms with Crippen LogP contribution in [0, 0.1) is 11.8 Å². The normalized spacial score (nSPS) is 13.8. The van der Waals surface area contributed by atoms with Gasteiger partial charge >= 0.3 is 5.97 Å². The second-order valence-corrected chi connectivity index (χ2v) is 5.70. The maximum absolute atomic E-state index is 12.1. The summed E-state index contributed by atoms with van der Waals surface area (Å²) in [5.41, 5.74) is 7.26. The molecule has 0 radical (unpaired) electrons. The van der Waals surface area contributed by atoms with E-state index in [0.717, 1.165) is 5.56 Å². The molecule has 2 atom stereocenters. The van der Waals surface area contributed by atoms with Crippen LogP contribution < -0.4 is 11.1 Å². The zero-order valence-corrected chi connectivity index (χ0v) is 12.8. The predicted molar refractivity (Wildman–Crippen MR) is 83.1 cm³/mol. The van der Waals surface area contributed by atoms with Gasteiger partial charge in [-0.2, -0.15) is 0 Å². The maximum Gasteiger partial charge on any atom is 0.303 e. The molecule has 0 aliphatic rings. The van der Waals surface area contributed by atoms with Crippen molar-refractivity contribution >= 4 is 17.6 Å². The Hall–Kier alpha value is -1.88. The van der Waals surface area contributed by atoms with Crippen molar-refractivity contribution < 1.29 is 14.7 Å². The van der Waals surface area contributed by atoms with Crippen LogP contribution in [-0.4, -0.2) is 23.5 Å². The van der Waals surface area contributed by atoms with Crippen molar-refractivity contribution in [2.24, 2.45) is 17.6 Å². The van der Waals surface area contributed by atoms with Gasteiger partial charge in [0, 0.05) is 12.2 Å².